The number of carbonyl (C=O) groups excluding carboxylic acids is 2. The predicted octanol–water partition coefficient (Wildman–Crippen LogP) is 5.14. The lowest BCUT2D eigenvalue weighted by atomic mass is 9.98. The van der Waals surface area contributed by atoms with Crippen molar-refractivity contribution in [3.63, 3.8) is 0 Å². The van der Waals surface area contributed by atoms with Crippen molar-refractivity contribution >= 4 is 29.4 Å². The summed E-state index contributed by atoms with van der Waals surface area (Å²) in [6.07, 6.45) is 5.08. The van der Waals surface area contributed by atoms with E-state index in [1.54, 1.807) is 0 Å². The molecule has 0 unspecified atom stereocenters. The van der Waals surface area contributed by atoms with E-state index >= 15 is 0 Å². The third-order valence-electron chi connectivity index (χ3n) is 6.36. The van der Waals surface area contributed by atoms with Crippen molar-refractivity contribution < 1.29 is 9.59 Å². The fourth-order valence-electron chi connectivity index (χ4n) is 4.78. The third kappa shape index (κ3) is 4.76. The summed E-state index contributed by atoms with van der Waals surface area (Å²) in [7, 11) is 0. The number of nitrogens with two attached hydrogens (primary N) is 1. The van der Waals surface area contributed by atoms with Crippen LogP contribution < -0.4 is 5.73 Å². The highest BCUT2D eigenvalue weighted by molar-refractivity contribution is 6.05. The molecule has 4 rings (SSSR count). The van der Waals surface area contributed by atoms with Gasteiger partial charge in [-0.3, -0.25) is 9.59 Å². The first-order valence-electron chi connectivity index (χ1n) is 12.3. The van der Waals surface area contributed by atoms with E-state index in [-0.39, 0.29) is 11.8 Å². The van der Waals surface area contributed by atoms with Crippen LogP contribution in [0.3, 0.4) is 0 Å². The molecule has 0 aromatic heterocycles. The normalized spacial score (nSPS) is 14.8. The van der Waals surface area contributed by atoms with E-state index in [2.05, 4.69) is 31.8 Å². The Kier molecular flexibility index (Phi) is 7.15. The van der Waals surface area contributed by atoms with Crippen LogP contribution in [0, 0.1) is 0 Å². The lowest BCUT2D eigenvalue weighted by Crippen LogP contribution is -2.34. The molecule has 2 N–H and O–H groups in total. The maximum atomic E-state index is 13.2. The van der Waals surface area contributed by atoms with Crippen molar-refractivity contribution in [1.82, 2.24) is 9.80 Å². The third-order valence-corrected chi connectivity index (χ3v) is 6.36. The van der Waals surface area contributed by atoms with Gasteiger partial charge in [0.2, 0.25) is 5.91 Å². The zero-order valence-electron chi connectivity index (χ0n) is 20.4. The van der Waals surface area contributed by atoms with Gasteiger partial charge in [0, 0.05) is 49.3 Å². The molecule has 2 amide bonds. The molecule has 0 saturated heterocycles. The predicted molar refractivity (Wildman–Crippen MR) is 138 cm³/mol. The summed E-state index contributed by atoms with van der Waals surface area (Å²) >= 11 is 0. The van der Waals surface area contributed by atoms with Crippen LogP contribution in [0.2, 0.25) is 0 Å². The quantitative estimate of drug-likeness (QED) is 0.595. The highest BCUT2D eigenvalue weighted by Gasteiger charge is 2.27. The Hall–Kier alpha value is -3.41. The van der Waals surface area contributed by atoms with Crippen molar-refractivity contribution in [2.24, 2.45) is 10.7 Å². The average molecular weight is 459 g/mol. The summed E-state index contributed by atoms with van der Waals surface area (Å²) < 4.78 is 0. The van der Waals surface area contributed by atoms with Crippen molar-refractivity contribution in [3.8, 4) is 11.1 Å². The minimum Gasteiger partial charge on any atom is -0.387 e. The van der Waals surface area contributed by atoms with Crippen LogP contribution >= 0.6 is 0 Å². The van der Waals surface area contributed by atoms with Crippen molar-refractivity contribution in [2.75, 3.05) is 19.6 Å². The Labute approximate surface area is 202 Å². The van der Waals surface area contributed by atoms with Crippen LogP contribution in [-0.4, -0.2) is 47.1 Å². The van der Waals surface area contributed by atoms with Crippen LogP contribution in [0.4, 0.5) is 5.69 Å². The van der Waals surface area contributed by atoms with Gasteiger partial charge < -0.3 is 15.5 Å². The van der Waals surface area contributed by atoms with Crippen molar-refractivity contribution in [1.29, 1.82) is 0 Å². The maximum absolute atomic E-state index is 13.2. The zero-order chi connectivity index (χ0) is 24.2. The summed E-state index contributed by atoms with van der Waals surface area (Å²) in [5.74, 6) is 0.599. The summed E-state index contributed by atoms with van der Waals surface area (Å²) in [5, 5.41) is 0. The van der Waals surface area contributed by atoms with Crippen LogP contribution in [0.15, 0.2) is 47.0 Å². The van der Waals surface area contributed by atoms with Gasteiger partial charge in [0.1, 0.15) is 5.84 Å². The van der Waals surface area contributed by atoms with E-state index < -0.39 is 0 Å². The number of rotatable bonds is 8. The molecule has 2 aliphatic rings. The van der Waals surface area contributed by atoms with Crippen LogP contribution in [0.5, 0.6) is 0 Å². The second-order valence-corrected chi connectivity index (χ2v) is 9.11. The molecule has 0 spiro atoms. The molecule has 6 nitrogen and oxygen atoms in total. The van der Waals surface area contributed by atoms with Crippen molar-refractivity contribution in [3.05, 3.63) is 58.7 Å². The maximum Gasteiger partial charge on any atom is 0.254 e. The van der Waals surface area contributed by atoms with Crippen LogP contribution in [-0.2, 0) is 11.3 Å². The number of fused-ring (bicyclic) bond motifs is 2. The number of hydrogen-bond acceptors (Lipinski definition) is 4. The van der Waals surface area contributed by atoms with E-state index in [1.807, 2.05) is 46.2 Å². The van der Waals surface area contributed by atoms with E-state index in [0.29, 0.717) is 24.4 Å². The summed E-state index contributed by atoms with van der Waals surface area (Å²) in [6, 6.07) is 12.1. The molecule has 34 heavy (non-hydrogen) atoms. The molecular weight excluding hydrogens is 424 g/mol. The summed E-state index contributed by atoms with van der Waals surface area (Å²) in [5.41, 5.74) is 12.5. The molecule has 0 atom stereocenters. The molecule has 6 heteroatoms. The Morgan fingerprint density at radius 2 is 1.74 bits per heavy atom. The number of amides is 2. The minimum absolute atomic E-state index is 0.0405. The number of nitrogens with zero attached hydrogens (tertiary/aromatic N) is 3. The molecule has 0 saturated carbocycles. The Morgan fingerprint density at radius 3 is 2.44 bits per heavy atom. The molecule has 2 aromatic rings. The zero-order valence-corrected chi connectivity index (χ0v) is 20.4. The van der Waals surface area contributed by atoms with Crippen LogP contribution in [0.25, 0.3) is 17.2 Å². The second-order valence-electron chi connectivity index (χ2n) is 9.11. The number of carbonyl (C=O) groups is 2. The number of amidine groups is 1. The average Bonchev–Trinajstić information content (AvgIpc) is 3.02. The highest BCUT2D eigenvalue weighted by atomic mass is 16.2. The highest BCUT2D eigenvalue weighted by Crippen LogP contribution is 2.34. The molecule has 0 fully saturated rings. The Balaban J connectivity index is 1.64. The molecule has 178 valence electrons. The summed E-state index contributed by atoms with van der Waals surface area (Å²) in [4.78, 5) is 34.2. The van der Waals surface area contributed by atoms with Gasteiger partial charge in [-0.05, 0) is 60.2 Å². The van der Waals surface area contributed by atoms with Gasteiger partial charge in [0.05, 0.1) is 5.69 Å². The molecule has 0 aliphatic carbocycles. The van der Waals surface area contributed by atoms with E-state index in [1.165, 1.54) is 0 Å². The molecule has 2 aromatic carbocycles. The topological polar surface area (TPSA) is 79.0 Å². The minimum atomic E-state index is 0.0405. The van der Waals surface area contributed by atoms with E-state index in [4.69, 9.17) is 5.73 Å². The van der Waals surface area contributed by atoms with Gasteiger partial charge in [-0.15, -0.1) is 0 Å². The first-order valence-corrected chi connectivity index (χ1v) is 12.3. The van der Waals surface area contributed by atoms with Crippen LogP contribution in [0.1, 0.15) is 67.9 Å². The molecule has 0 radical (unpaired) electrons. The van der Waals surface area contributed by atoms with Gasteiger partial charge in [-0.1, -0.05) is 39.0 Å². The number of aliphatic imine (C=N–C) groups is 1. The molecule has 2 heterocycles. The SMILES string of the molecule is CCCN(CCC)C(=O)C1=Cc2ccc(-c3ccc4c(c3)CN(CCC)C4=O)cc2N=C(N)C1. The Morgan fingerprint density at radius 1 is 1.03 bits per heavy atom. The fourth-order valence-corrected chi connectivity index (χ4v) is 4.78. The van der Waals surface area contributed by atoms with Gasteiger partial charge in [-0.2, -0.15) is 0 Å². The number of benzene rings is 2. The largest absolute Gasteiger partial charge is 0.387 e. The fraction of sp³-hybridized carbons (Fsp3) is 0.393. The van der Waals surface area contributed by atoms with Gasteiger partial charge in [0.25, 0.3) is 5.91 Å². The lowest BCUT2D eigenvalue weighted by Gasteiger charge is -2.22. The lowest BCUT2D eigenvalue weighted by molar-refractivity contribution is -0.127. The molecule has 0 bridgehead atoms. The Bertz CT molecular complexity index is 1160. The van der Waals surface area contributed by atoms with Gasteiger partial charge in [-0.25, -0.2) is 4.99 Å². The first-order chi connectivity index (χ1) is 16.4. The second kappa shape index (κ2) is 10.2. The first kappa shape index (κ1) is 23.7. The van der Waals surface area contributed by atoms with Gasteiger partial charge >= 0.3 is 0 Å². The standard InChI is InChI=1S/C28H34N4O2/c1-4-11-31(12-5-2)27(33)22-15-21-8-7-20(16-25(21)30-26(29)17-22)19-9-10-24-23(14-19)18-32(13-6-3)28(24)34/h7-10,14-16H,4-6,11-13,17-18H2,1-3H3,(H2,29,30). The van der Waals surface area contributed by atoms with E-state index in [0.717, 1.165) is 72.4 Å². The smallest absolute Gasteiger partial charge is 0.254 e. The molecular formula is C28H34N4O2. The molecule has 2 aliphatic heterocycles. The monoisotopic (exact) mass is 458 g/mol. The van der Waals surface area contributed by atoms with Gasteiger partial charge in [0.15, 0.2) is 0 Å². The number of hydrogen-bond donors (Lipinski definition) is 1. The van der Waals surface area contributed by atoms with Crippen molar-refractivity contribution in [2.45, 2.75) is 53.0 Å². The summed E-state index contributed by atoms with van der Waals surface area (Å²) in [6.45, 7) is 9.17. The van der Waals surface area contributed by atoms with E-state index in [9.17, 15) is 9.59 Å².